The van der Waals surface area contributed by atoms with Crippen LogP contribution in [-0.4, -0.2) is 58.5 Å². The number of benzene rings is 1. The van der Waals surface area contributed by atoms with Crippen molar-refractivity contribution >= 4 is 34.0 Å². The predicted molar refractivity (Wildman–Crippen MR) is 104 cm³/mol. The smallest absolute Gasteiger partial charge is 0.262 e. The monoisotopic (exact) mass is 419 g/mol. The summed E-state index contributed by atoms with van der Waals surface area (Å²) in [5, 5.41) is 5.98. The predicted octanol–water partition coefficient (Wildman–Crippen LogP) is 1.46. The molecule has 1 amide bonds. The number of hydrogen-bond donors (Lipinski definition) is 2. The number of amides is 1. The maximum absolute atomic E-state index is 13.1. The summed E-state index contributed by atoms with van der Waals surface area (Å²) in [7, 11) is -2.29. The molecule has 3 rings (SSSR count). The van der Waals surface area contributed by atoms with Crippen molar-refractivity contribution < 1.29 is 22.7 Å². The fourth-order valence-electron chi connectivity index (χ4n) is 3.29. The van der Waals surface area contributed by atoms with E-state index in [2.05, 4.69) is 17.6 Å². The van der Waals surface area contributed by atoms with E-state index < -0.39 is 10.0 Å². The standard InChI is InChI=1S/C17H25N3O5S.ClH/c1-3-18-10-12-4-6-20(7-5-12)26(22,23)16-9-14-13(8-15(16)24-2)19-17(21)11-25-14;/h8-9,12,18H,3-7,10-11H2,1-2H3,(H,19,21);1H. The number of fused-ring (bicyclic) bond motifs is 1. The number of anilines is 1. The number of hydrogen-bond acceptors (Lipinski definition) is 6. The van der Waals surface area contributed by atoms with Gasteiger partial charge in [-0.1, -0.05) is 6.92 Å². The molecule has 0 aliphatic carbocycles. The zero-order valence-corrected chi connectivity index (χ0v) is 17.1. The van der Waals surface area contributed by atoms with Crippen molar-refractivity contribution in [1.29, 1.82) is 0 Å². The van der Waals surface area contributed by atoms with Gasteiger partial charge in [0.05, 0.1) is 12.8 Å². The SMILES string of the molecule is CCNCC1CCN(S(=O)(=O)c2cc3c(cc2OC)NC(=O)CO3)CC1.Cl. The van der Waals surface area contributed by atoms with Gasteiger partial charge in [-0.3, -0.25) is 4.79 Å². The van der Waals surface area contributed by atoms with Gasteiger partial charge in [-0.05, 0) is 31.8 Å². The third kappa shape index (κ3) is 4.66. The summed E-state index contributed by atoms with van der Waals surface area (Å²) in [4.78, 5) is 11.5. The second-order valence-electron chi connectivity index (χ2n) is 6.49. The van der Waals surface area contributed by atoms with Gasteiger partial charge in [0.15, 0.2) is 6.61 Å². The summed E-state index contributed by atoms with van der Waals surface area (Å²) in [5.74, 6) is 0.749. The average Bonchev–Trinajstić information content (AvgIpc) is 2.65. The molecule has 1 aromatic rings. The van der Waals surface area contributed by atoms with Gasteiger partial charge in [-0.2, -0.15) is 4.31 Å². The topological polar surface area (TPSA) is 97.0 Å². The number of ether oxygens (including phenoxy) is 2. The highest BCUT2D eigenvalue weighted by Gasteiger charge is 2.33. The van der Waals surface area contributed by atoms with Gasteiger partial charge >= 0.3 is 0 Å². The molecule has 0 saturated carbocycles. The van der Waals surface area contributed by atoms with Crippen molar-refractivity contribution in [2.24, 2.45) is 5.92 Å². The molecule has 0 bridgehead atoms. The fourth-order valence-corrected chi connectivity index (χ4v) is 4.91. The first-order valence-corrected chi connectivity index (χ1v) is 10.2. The lowest BCUT2D eigenvalue weighted by Gasteiger charge is -2.32. The molecule has 1 fully saturated rings. The van der Waals surface area contributed by atoms with Gasteiger partial charge in [0.2, 0.25) is 10.0 Å². The van der Waals surface area contributed by atoms with E-state index in [9.17, 15) is 13.2 Å². The molecule has 0 unspecified atom stereocenters. The number of methoxy groups -OCH3 is 1. The van der Waals surface area contributed by atoms with Crippen molar-refractivity contribution in [3.8, 4) is 11.5 Å². The molecule has 2 aliphatic rings. The Bertz CT molecular complexity index is 779. The highest BCUT2D eigenvalue weighted by Crippen LogP contribution is 2.39. The number of carbonyl (C=O) groups excluding carboxylic acids is 1. The average molecular weight is 420 g/mol. The molecule has 0 spiro atoms. The summed E-state index contributed by atoms with van der Waals surface area (Å²) in [6.07, 6.45) is 1.65. The van der Waals surface area contributed by atoms with E-state index in [-0.39, 0.29) is 35.6 Å². The molecule has 1 aromatic carbocycles. The molecular weight excluding hydrogens is 394 g/mol. The molecule has 0 radical (unpaired) electrons. The number of nitrogens with one attached hydrogen (secondary N) is 2. The molecule has 1 saturated heterocycles. The molecule has 2 N–H and O–H groups in total. The Morgan fingerprint density at radius 2 is 2.04 bits per heavy atom. The summed E-state index contributed by atoms with van der Waals surface area (Å²) >= 11 is 0. The highest BCUT2D eigenvalue weighted by molar-refractivity contribution is 7.89. The molecule has 8 nitrogen and oxygen atoms in total. The van der Waals surface area contributed by atoms with Crippen LogP contribution < -0.4 is 20.1 Å². The Balaban J connectivity index is 0.00000261. The van der Waals surface area contributed by atoms with Crippen LogP contribution in [0.2, 0.25) is 0 Å². The van der Waals surface area contributed by atoms with Gasteiger partial charge < -0.3 is 20.1 Å². The first-order valence-electron chi connectivity index (χ1n) is 8.81. The van der Waals surface area contributed by atoms with Gasteiger partial charge in [0.1, 0.15) is 16.4 Å². The van der Waals surface area contributed by atoms with E-state index >= 15 is 0 Å². The molecule has 2 heterocycles. The van der Waals surface area contributed by atoms with Crippen LogP contribution >= 0.6 is 12.4 Å². The zero-order chi connectivity index (χ0) is 18.7. The maximum Gasteiger partial charge on any atom is 0.262 e. The van der Waals surface area contributed by atoms with E-state index in [1.807, 2.05) is 0 Å². The van der Waals surface area contributed by atoms with Gasteiger partial charge in [0.25, 0.3) is 5.91 Å². The van der Waals surface area contributed by atoms with Crippen LogP contribution in [-0.2, 0) is 14.8 Å². The minimum absolute atomic E-state index is 0. The summed E-state index contributed by atoms with van der Waals surface area (Å²) in [6, 6.07) is 2.94. The van der Waals surface area contributed by atoms with Crippen LogP contribution in [0.15, 0.2) is 17.0 Å². The van der Waals surface area contributed by atoms with E-state index in [4.69, 9.17) is 9.47 Å². The molecular formula is C17H26ClN3O5S. The van der Waals surface area contributed by atoms with Crippen molar-refractivity contribution in [3.63, 3.8) is 0 Å². The van der Waals surface area contributed by atoms with Gasteiger partial charge in [-0.25, -0.2) is 8.42 Å². The van der Waals surface area contributed by atoms with Crippen LogP contribution in [0.3, 0.4) is 0 Å². The Morgan fingerprint density at radius 1 is 1.33 bits per heavy atom. The molecule has 0 atom stereocenters. The van der Waals surface area contributed by atoms with Crippen LogP contribution in [0.4, 0.5) is 5.69 Å². The normalized spacial score (nSPS) is 18.1. The van der Waals surface area contributed by atoms with Gasteiger partial charge in [-0.15, -0.1) is 12.4 Å². The lowest BCUT2D eigenvalue weighted by Crippen LogP contribution is -2.40. The first kappa shape index (κ1) is 21.7. The molecule has 27 heavy (non-hydrogen) atoms. The second kappa shape index (κ2) is 9.09. The van der Waals surface area contributed by atoms with E-state index in [0.717, 1.165) is 25.9 Å². The quantitative estimate of drug-likeness (QED) is 0.724. The van der Waals surface area contributed by atoms with Crippen molar-refractivity contribution in [1.82, 2.24) is 9.62 Å². The fraction of sp³-hybridized carbons (Fsp3) is 0.588. The largest absolute Gasteiger partial charge is 0.495 e. The number of rotatable bonds is 6. The number of nitrogens with zero attached hydrogens (tertiary/aromatic N) is 1. The summed E-state index contributed by atoms with van der Waals surface area (Å²) in [5.41, 5.74) is 0.418. The Labute approximate surface area is 166 Å². The zero-order valence-electron chi connectivity index (χ0n) is 15.5. The minimum Gasteiger partial charge on any atom is -0.495 e. The van der Waals surface area contributed by atoms with Crippen LogP contribution in [0.5, 0.6) is 11.5 Å². The lowest BCUT2D eigenvalue weighted by molar-refractivity contribution is -0.118. The summed E-state index contributed by atoms with van der Waals surface area (Å²) in [6.45, 7) is 4.73. The molecule has 0 aromatic heterocycles. The molecule has 152 valence electrons. The first-order chi connectivity index (χ1) is 12.5. The highest BCUT2D eigenvalue weighted by atomic mass is 35.5. The third-order valence-electron chi connectivity index (χ3n) is 4.77. The van der Waals surface area contributed by atoms with Crippen molar-refractivity contribution in [3.05, 3.63) is 12.1 Å². The summed E-state index contributed by atoms with van der Waals surface area (Å²) < 4.78 is 38.4. The Kier molecular flexibility index (Phi) is 7.32. The molecule has 10 heteroatoms. The van der Waals surface area contributed by atoms with E-state index in [0.29, 0.717) is 30.4 Å². The number of piperidine rings is 1. The number of carbonyl (C=O) groups is 1. The third-order valence-corrected chi connectivity index (χ3v) is 6.69. The van der Waals surface area contributed by atoms with Crippen LogP contribution in [0.1, 0.15) is 19.8 Å². The van der Waals surface area contributed by atoms with Gasteiger partial charge in [0, 0.05) is 25.2 Å². The Morgan fingerprint density at radius 3 is 2.67 bits per heavy atom. The molecule has 2 aliphatic heterocycles. The number of sulfonamides is 1. The Hall–Kier alpha value is -1.55. The number of halogens is 1. The van der Waals surface area contributed by atoms with E-state index in [1.54, 1.807) is 0 Å². The van der Waals surface area contributed by atoms with Crippen LogP contribution in [0, 0.1) is 5.92 Å². The van der Waals surface area contributed by atoms with Crippen LogP contribution in [0.25, 0.3) is 0 Å². The maximum atomic E-state index is 13.1. The minimum atomic E-state index is -3.70. The van der Waals surface area contributed by atoms with Crippen molar-refractivity contribution in [2.75, 3.05) is 45.2 Å². The van der Waals surface area contributed by atoms with E-state index in [1.165, 1.54) is 23.5 Å². The second-order valence-corrected chi connectivity index (χ2v) is 8.40. The van der Waals surface area contributed by atoms with Crippen molar-refractivity contribution in [2.45, 2.75) is 24.7 Å². The lowest BCUT2D eigenvalue weighted by atomic mass is 9.98.